The van der Waals surface area contributed by atoms with E-state index in [0.29, 0.717) is 13.2 Å². The molecule has 1 N–H and O–H groups in total. The van der Waals surface area contributed by atoms with Crippen molar-refractivity contribution in [3.63, 3.8) is 0 Å². The van der Waals surface area contributed by atoms with E-state index in [9.17, 15) is 0 Å². The fraction of sp³-hybridized carbons (Fsp3) is 0.615. The van der Waals surface area contributed by atoms with E-state index in [2.05, 4.69) is 26.2 Å². The van der Waals surface area contributed by atoms with Gasteiger partial charge in [0.25, 0.3) is 0 Å². The molecule has 0 spiro atoms. The van der Waals surface area contributed by atoms with Gasteiger partial charge in [-0.1, -0.05) is 0 Å². The van der Waals surface area contributed by atoms with Gasteiger partial charge in [-0.2, -0.15) is 0 Å². The summed E-state index contributed by atoms with van der Waals surface area (Å²) in [4.78, 5) is 4.43. The van der Waals surface area contributed by atoms with Gasteiger partial charge in [-0.3, -0.25) is 0 Å². The van der Waals surface area contributed by atoms with Crippen LogP contribution in [0.1, 0.15) is 18.5 Å². The number of methoxy groups -OCH3 is 1. The van der Waals surface area contributed by atoms with Crippen LogP contribution in [0.3, 0.4) is 0 Å². The normalized spacial score (nSPS) is 10.6. The Hall–Kier alpha value is -0.650. The maximum Gasteiger partial charge on any atom is 0.126 e. The van der Waals surface area contributed by atoms with E-state index < -0.39 is 0 Å². The van der Waals surface area contributed by atoms with Gasteiger partial charge in [0, 0.05) is 24.7 Å². The van der Waals surface area contributed by atoms with Crippen molar-refractivity contribution in [1.29, 1.82) is 0 Å². The third-order valence-electron chi connectivity index (χ3n) is 2.47. The van der Waals surface area contributed by atoms with E-state index in [0.717, 1.165) is 42.0 Å². The average molecular weight is 317 g/mol. The topological polar surface area (TPSA) is 43.4 Å². The fourth-order valence-corrected chi connectivity index (χ4v) is 1.65. The van der Waals surface area contributed by atoms with Crippen LogP contribution < -0.4 is 5.32 Å². The van der Waals surface area contributed by atoms with Crippen LogP contribution in [0.25, 0.3) is 0 Å². The minimum atomic E-state index is 0.667. The van der Waals surface area contributed by atoms with Crippen LogP contribution in [0.4, 0.5) is 5.82 Å². The Morgan fingerprint density at radius 3 is 2.78 bits per heavy atom. The Balaban J connectivity index is 2.05. The van der Waals surface area contributed by atoms with Crippen LogP contribution >= 0.6 is 15.9 Å². The third kappa shape index (κ3) is 6.33. The summed E-state index contributed by atoms with van der Waals surface area (Å²) < 4.78 is 11.3. The van der Waals surface area contributed by atoms with Crippen molar-refractivity contribution in [3.05, 3.63) is 22.3 Å². The number of pyridine rings is 1. The second kappa shape index (κ2) is 9.30. The maximum absolute atomic E-state index is 5.39. The van der Waals surface area contributed by atoms with Crippen molar-refractivity contribution in [2.24, 2.45) is 0 Å². The molecule has 1 heterocycles. The first-order chi connectivity index (χ1) is 8.74. The summed E-state index contributed by atoms with van der Waals surface area (Å²) in [6.07, 6.45) is 2.12. The zero-order chi connectivity index (χ0) is 13.2. The Morgan fingerprint density at radius 1 is 1.22 bits per heavy atom. The number of hydrogen-bond acceptors (Lipinski definition) is 4. The summed E-state index contributed by atoms with van der Waals surface area (Å²) in [7, 11) is 1.68. The molecule has 102 valence electrons. The number of unbranched alkanes of at least 4 members (excludes halogenated alkanes) is 1. The maximum atomic E-state index is 5.39. The van der Waals surface area contributed by atoms with E-state index >= 15 is 0 Å². The Morgan fingerprint density at radius 2 is 2.06 bits per heavy atom. The number of ether oxygens (including phenoxy) is 2. The highest BCUT2D eigenvalue weighted by molar-refractivity contribution is 9.10. The van der Waals surface area contributed by atoms with Gasteiger partial charge in [-0.25, -0.2) is 4.98 Å². The highest BCUT2D eigenvalue weighted by atomic mass is 79.9. The van der Waals surface area contributed by atoms with Crippen LogP contribution in [0.2, 0.25) is 0 Å². The fourth-order valence-electron chi connectivity index (χ4n) is 1.43. The SMILES string of the molecule is COCCOCCCCNc1ccc(Br)c(C)n1. The molecule has 1 aromatic heterocycles. The lowest BCUT2D eigenvalue weighted by molar-refractivity contribution is 0.0691. The first-order valence-electron chi connectivity index (χ1n) is 6.17. The molecule has 0 saturated carbocycles. The molecule has 0 aliphatic heterocycles. The van der Waals surface area contributed by atoms with Crippen LogP contribution in [-0.2, 0) is 9.47 Å². The molecule has 4 nitrogen and oxygen atoms in total. The molecule has 0 aliphatic carbocycles. The summed E-state index contributed by atoms with van der Waals surface area (Å²) in [5.41, 5.74) is 1.00. The number of rotatable bonds is 9. The molecule has 1 rings (SSSR count). The van der Waals surface area contributed by atoms with E-state index in [1.807, 2.05) is 19.1 Å². The Kier molecular flexibility index (Phi) is 7.96. The van der Waals surface area contributed by atoms with Crippen LogP contribution in [-0.4, -0.2) is 38.5 Å². The molecule has 0 unspecified atom stereocenters. The van der Waals surface area contributed by atoms with Gasteiger partial charge >= 0.3 is 0 Å². The van der Waals surface area contributed by atoms with Gasteiger partial charge in [-0.15, -0.1) is 0 Å². The quantitative estimate of drug-likeness (QED) is 0.711. The molecule has 0 fully saturated rings. The molecule has 0 amide bonds. The number of anilines is 1. The molecule has 0 saturated heterocycles. The zero-order valence-corrected chi connectivity index (χ0v) is 12.6. The van der Waals surface area contributed by atoms with Gasteiger partial charge in [0.1, 0.15) is 5.82 Å². The molecule has 0 aromatic carbocycles. The number of nitrogens with zero attached hydrogens (tertiary/aromatic N) is 1. The van der Waals surface area contributed by atoms with Crippen molar-refractivity contribution in [2.45, 2.75) is 19.8 Å². The van der Waals surface area contributed by atoms with E-state index in [1.54, 1.807) is 7.11 Å². The molecule has 0 bridgehead atoms. The van der Waals surface area contributed by atoms with Gasteiger partial charge in [0.2, 0.25) is 0 Å². The van der Waals surface area contributed by atoms with Crippen LogP contribution in [0, 0.1) is 6.92 Å². The molecule has 18 heavy (non-hydrogen) atoms. The van der Waals surface area contributed by atoms with Crippen LogP contribution in [0.5, 0.6) is 0 Å². The molecule has 5 heteroatoms. The van der Waals surface area contributed by atoms with Crippen molar-refractivity contribution in [2.75, 3.05) is 38.8 Å². The van der Waals surface area contributed by atoms with Gasteiger partial charge < -0.3 is 14.8 Å². The highest BCUT2D eigenvalue weighted by Gasteiger charge is 1.98. The number of hydrogen-bond donors (Lipinski definition) is 1. The predicted octanol–water partition coefficient (Wildman–Crippen LogP) is 3.01. The number of aryl methyl sites for hydroxylation is 1. The number of aromatic nitrogens is 1. The average Bonchev–Trinajstić information content (AvgIpc) is 2.37. The standard InChI is InChI=1S/C13H21BrN2O2/c1-11-12(14)5-6-13(16-11)15-7-3-4-8-18-10-9-17-2/h5-6H,3-4,7-10H2,1-2H3,(H,15,16). The van der Waals surface area contributed by atoms with Crippen molar-refractivity contribution in [3.8, 4) is 0 Å². The molecular formula is C13H21BrN2O2. The van der Waals surface area contributed by atoms with E-state index in [4.69, 9.17) is 9.47 Å². The summed E-state index contributed by atoms with van der Waals surface area (Å²) in [6, 6.07) is 3.99. The van der Waals surface area contributed by atoms with Gasteiger partial charge in [0.05, 0.1) is 18.9 Å². The molecule has 0 radical (unpaired) electrons. The first-order valence-corrected chi connectivity index (χ1v) is 6.97. The van der Waals surface area contributed by atoms with Crippen molar-refractivity contribution in [1.82, 2.24) is 4.98 Å². The number of halogens is 1. The van der Waals surface area contributed by atoms with E-state index in [1.165, 1.54) is 0 Å². The molecule has 0 aliphatic rings. The minimum absolute atomic E-state index is 0.667. The largest absolute Gasteiger partial charge is 0.382 e. The third-order valence-corrected chi connectivity index (χ3v) is 3.31. The van der Waals surface area contributed by atoms with E-state index in [-0.39, 0.29) is 0 Å². The first kappa shape index (κ1) is 15.4. The summed E-state index contributed by atoms with van der Waals surface area (Å²) in [6.45, 7) is 5.04. The van der Waals surface area contributed by atoms with Crippen molar-refractivity contribution < 1.29 is 9.47 Å². The zero-order valence-electron chi connectivity index (χ0n) is 11.0. The van der Waals surface area contributed by atoms with Crippen molar-refractivity contribution >= 4 is 21.7 Å². The van der Waals surface area contributed by atoms with Gasteiger partial charge in [-0.05, 0) is 47.8 Å². The molecular weight excluding hydrogens is 296 g/mol. The monoisotopic (exact) mass is 316 g/mol. The summed E-state index contributed by atoms with van der Waals surface area (Å²) >= 11 is 3.44. The van der Waals surface area contributed by atoms with Crippen LogP contribution in [0.15, 0.2) is 16.6 Å². The number of nitrogens with one attached hydrogen (secondary N) is 1. The lowest BCUT2D eigenvalue weighted by atomic mass is 10.3. The van der Waals surface area contributed by atoms with Gasteiger partial charge in [0.15, 0.2) is 0 Å². The predicted molar refractivity (Wildman–Crippen MR) is 77.1 cm³/mol. The summed E-state index contributed by atoms with van der Waals surface area (Å²) in [5, 5.41) is 3.30. The smallest absolute Gasteiger partial charge is 0.126 e. The Labute approximate surface area is 117 Å². The highest BCUT2D eigenvalue weighted by Crippen LogP contribution is 2.16. The summed E-state index contributed by atoms with van der Waals surface area (Å²) in [5.74, 6) is 0.927. The molecule has 0 atom stereocenters. The lowest BCUT2D eigenvalue weighted by Gasteiger charge is -2.07. The Bertz CT molecular complexity index is 348. The molecule has 1 aromatic rings. The minimum Gasteiger partial charge on any atom is -0.382 e. The second-order valence-corrected chi connectivity index (χ2v) is 4.86. The second-order valence-electron chi connectivity index (χ2n) is 4.00. The lowest BCUT2D eigenvalue weighted by Crippen LogP contribution is -2.07.